The van der Waals surface area contributed by atoms with Crippen molar-refractivity contribution in [2.45, 2.75) is 476 Å². The van der Waals surface area contributed by atoms with Crippen LogP contribution in [0.15, 0.2) is 194 Å². The normalized spacial score (nSPS) is 14.4. The molecule has 0 aromatic heterocycles. The van der Waals surface area contributed by atoms with Crippen LogP contribution in [-0.2, 0) is 55.8 Å². The molecule has 0 rings (SSSR count). The first-order valence-electron chi connectivity index (χ1n) is 53.7. The lowest BCUT2D eigenvalue weighted by molar-refractivity contribution is -0.161. The van der Waals surface area contributed by atoms with Crippen molar-refractivity contribution in [2.24, 2.45) is 0 Å². The van der Waals surface area contributed by atoms with E-state index in [2.05, 4.69) is 215 Å². The van der Waals surface area contributed by atoms with E-state index in [1.54, 1.807) is 0 Å². The van der Waals surface area contributed by atoms with E-state index in [0.29, 0.717) is 19.3 Å². The molecular weight excluding hydrogens is 1700 g/mol. The number of hydrogen-bond acceptors (Lipinski definition) is 14. The number of aliphatic hydroxyl groups excluding tert-OH is 2. The Kier molecular flexibility index (Phi) is 101. The molecule has 0 bridgehead atoms. The lowest BCUT2D eigenvalue weighted by Gasteiger charge is -2.21. The molecule has 762 valence electrons. The quantitative estimate of drug-likeness (QED) is 0.0146. The predicted molar refractivity (Wildman–Crippen MR) is 564 cm³/mol. The van der Waals surface area contributed by atoms with Gasteiger partial charge in [-0.05, 0) is 161 Å². The van der Waals surface area contributed by atoms with E-state index in [9.17, 15) is 43.5 Å². The third kappa shape index (κ3) is 107. The third-order valence-electron chi connectivity index (χ3n) is 22.8. The Morgan fingerprint density at radius 1 is 0.211 bits per heavy atom. The minimum atomic E-state index is -4.95. The molecule has 0 aliphatic carbocycles. The Labute approximate surface area is 814 Å². The smallest absolute Gasteiger partial charge is 0.463 e. The largest absolute Gasteiger partial charge is 0.472 e. The van der Waals surface area contributed by atoms with Gasteiger partial charge < -0.3 is 34.2 Å². The summed E-state index contributed by atoms with van der Waals surface area (Å²) in [7, 11) is -9.82. The van der Waals surface area contributed by atoms with E-state index in [0.717, 1.165) is 173 Å². The topological polar surface area (TPSA) is 231 Å². The van der Waals surface area contributed by atoms with Crippen LogP contribution in [0.2, 0.25) is 0 Å². The molecule has 0 heterocycles. The van der Waals surface area contributed by atoms with Crippen LogP contribution in [0, 0.1) is 0 Å². The molecule has 5 atom stereocenters. The van der Waals surface area contributed by atoms with Gasteiger partial charge in [0.25, 0.3) is 0 Å². The molecule has 0 fully saturated rings. The summed E-state index contributed by atoms with van der Waals surface area (Å²) in [5.41, 5.74) is 0. The van der Waals surface area contributed by atoms with Crippen LogP contribution >= 0.6 is 15.6 Å². The highest BCUT2D eigenvalue weighted by Gasteiger charge is 2.30. The van der Waals surface area contributed by atoms with Crippen molar-refractivity contribution in [3.8, 4) is 0 Å². The minimum Gasteiger partial charge on any atom is -0.463 e. The molecule has 0 amide bonds. The molecule has 18 heteroatoms. The number of allylic oxidation sites excluding steroid dienone is 32. The molecule has 0 aromatic carbocycles. The van der Waals surface area contributed by atoms with Gasteiger partial charge in [0, 0.05) is 19.3 Å². The molecule has 0 saturated heterocycles. The van der Waals surface area contributed by atoms with Crippen molar-refractivity contribution in [2.75, 3.05) is 39.6 Å². The molecule has 0 aliphatic heterocycles. The number of phosphoric ester groups is 2. The summed E-state index contributed by atoms with van der Waals surface area (Å²) in [5, 5.41) is 20.8. The average molecular weight is 1900 g/mol. The summed E-state index contributed by atoms with van der Waals surface area (Å²) in [5.74, 6) is -1.56. The molecule has 0 aliphatic rings. The zero-order valence-electron chi connectivity index (χ0n) is 84.6. The van der Waals surface area contributed by atoms with Gasteiger partial charge in [-0.3, -0.25) is 32.5 Å². The third-order valence-corrected chi connectivity index (χ3v) is 24.7. The summed E-state index contributed by atoms with van der Waals surface area (Å²) in [6.07, 6.45) is 142. The summed E-state index contributed by atoms with van der Waals surface area (Å²) in [6, 6.07) is 0. The highest BCUT2D eigenvalue weighted by molar-refractivity contribution is 7.47. The Balaban J connectivity index is 4.62. The van der Waals surface area contributed by atoms with E-state index < -0.39 is 91.5 Å². The van der Waals surface area contributed by atoms with Crippen molar-refractivity contribution in [1.29, 1.82) is 0 Å². The Hall–Kier alpha value is -5.61. The van der Waals surface area contributed by atoms with Crippen LogP contribution in [-0.4, -0.2) is 95.9 Å². The van der Waals surface area contributed by atoms with Gasteiger partial charge in [0.1, 0.15) is 25.4 Å². The fraction of sp³-hybridized carbons (Fsp3) is 0.696. The summed E-state index contributed by atoms with van der Waals surface area (Å²) >= 11 is 0. The number of esters is 3. The second kappa shape index (κ2) is 105. The SMILES string of the molecule is CC/C=C\C/C=C\C/C=C\C/C=C\C/C=C\C/C=C\CCCCCCCCCCCCCCC(=O)OC(COC(=O)CCCCCCCCCCCCCCCCCCC/C=C\C/C=C\C/C=C\C/C=C\C/C=C\CC)COP(=O)(O)OCC(O)COP(=O)(O)OCC(O)COC(=O)CCCCCCCCCCCCCCCCCCC/C=C\C/C=C\C/C=C\C/C=C\C/C=C\CC. The molecule has 0 spiro atoms. The molecule has 16 nitrogen and oxygen atoms in total. The highest BCUT2D eigenvalue weighted by atomic mass is 31.2. The Morgan fingerprint density at radius 2 is 0.376 bits per heavy atom. The number of phosphoric acid groups is 2. The number of unbranched alkanes of at least 4 members (excludes halogenated alkanes) is 46. The predicted octanol–water partition coefficient (Wildman–Crippen LogP) is 34.5. The van der Waals surface area contributed by atoms with Crippen LogP contribution < -0.4 is 0 Å². The number of ether oxygens (including phenoxy) is 3. The number of carbonyl (C=O) groups is 3. The number of carbonyl (C=O) groups excluding carboxylic acids is 3. The van der Waals surface area contributed by atoms with E-state index >= 15 is 0 Å². The van der Waals surface area contributed by atoms with Gasteiger partial charge >= 0.3 is 33.6 Å². The van der Waals surface area contributed by atoms with Crippen LogP contribution in [0.5, 0.6) is 0 Å². The zero-order chi connectivity index (χ0) is 96.4. The van der Waals surface area contributed by atoms with Crippen molar-refractivity contribution in [1.82, 2.24) is 0 Å². The maximum absolute atomic E-state index is 13.2. The van der Waals surface area contributed by atoms with E-state index in [4.69, 9.17) is 32.3 Å². The monoisotopic (exact) mass is 1900 g/mol. The number of hydrogen-bond donors (Lipinski definition) is 4. The maximum atomic E-state index is 13.2. The van der Waals surface area contributed by atoms with Crippen molar-refractivity contribution in [3.05, 3.63) is 194 Å². The van der Waals surface area contributed by atoms with Crippen LogP contribution in [0.4, 0.5) is 0 Å². The van der Waals surface area contributed by atoms with Gasteiger partial charge in [-0.1, -0.05) is 472 Å². The first kappa shape index (κ1) is 127. The molecule has 133 heavy (non-hydrogen) atoms. The number of rotatable bonds is 101. The first-order valence-corrected chi connectivity index (χ1v) is 56.7. The second-order valence-corrected chi connectivity index (χ2v) is 38.5. The van der Waals surface area contributed by atoms with Crippen LogP contribution in [0.1, 0.15) is 457 Å². The highest BCUT2D eigenvalue weighted by Crippen LogP contribution is 2.45. The average Bonchev–Trinajstić information content (AvgIpc) is 0.896. The van der Waals surface area contributed by atoms with Gasteiger partial charge in [-0.25, -0.2) is 9.13 Å². The lowest BCUT2D eigenvalue weighted by atomic mass is 10.0. The van der Waals surface area contributed by atoms with Gasteiger partial charge in [-0.15, -0.1) is 0 Å². The van der Waals surface area contributed by atoms with Crippen molar-refractivity contribution >= 4 is 33.6 Å². The molecule has 0 radical (unpaired) electrons. The Bertz CT molecular complexity index is 3200. The minimum absolute atomic E-state index is 0.0984. The molecule has 4 N–H and O–H groups in total. The summed E-state index contributed by atoms with van der Waals surface area (Å²) in [6.45, 7) is 2.42. The van der Waals surface area contributed by atoms with Crippen LogP contribution in [0.3, 0.4) is 0 Å². The van der Waals surface area contributed by atoms with E-state index in [-0.39, 0.29) is 19.3 Å². The fourth-order valence-corrected chi connectivity index (χ4v) is 16.4. The van der Waals surface area contributed by atoms with Crippen molar-refractivity contribution < 1.29 is 75.8 Å². The molecule has 0 saturated carbocycles. The summed E-state index contributed by atoms with van der Waals surface area (Å²) < 4.78 is 61.8. The fourth-order valence-electron chi connectivity index (χ4n) is 14.8. The second-order valence-electron chi connectivity index (χ2n) is 35.6. The first-order chi connectivity index (χ1) is 65.2. The maximum Gasteiger partial charge on any atom is 0.472 e. The van der Waals surface area contributed by atoms with Gasteiger partial charge in [-0.2, -0.15) is 0 Å². The molecule has 0 aromatic rings. The van der Waals surface area contributed by atoms with E-state index in [1.807, 2.05) is 0 Å². The summed E-state index contributed by atoms with van der Waals surface area (Å²) in [4.78, 5) is 59.3. The molecule has 5 unspecified atom stereocenters. The standard InChI is InChI=1S/C115H196O16P2/c1-4-7-10-13-16-19-22-25-28-31-34-37-40-43-46-49-52-54-57-59-62-65-68-71-74-77-80-83-86-89-92-95-98-101-113(118)125-104-110(116)105-127-132(121,122)128-106-111(117)107-129-133(123,124)130-109-112(131-115(120)103-100-97-94-91-88-85-82-79-76-73-70-67-64-61-56-51-48-45-42-39-36-33-30-27-24-21-18-15-12-9-6-3)108-126-114(119)102-99-96-93-90-87-84-81-78-75-72-69-66-63-60-58-55-53-50-47-44-41-38-35-32-29-26-23-20-17-14-11-8-5-2/h7-12,16-21,25-30,34-39,43-48,56,61,110-112,116-117H,4-6,13-15,22-24,31-33,40-42,49-55,57-60,62-109H2,1-3H3,(H,121,122)(H,123,124)/b10-7-,11-8-,12-9-,19-16-,20-17-,21-18-,28-25-,29-26-,30-27-,37-34-,38-35-,39-36-,46-43-,47-44-,48-45-,61-56-. The molecular formula is C115H196O16P2. The van der Waals surface area contributed by atoms with Crippen molar-refractivity contribution in [3.63, 3.8) is 0 Å². The van der Waals surface area contributed by atoms with Crippen LogP contribution in [0.25, 0.3) is 0 Å². The van der Waals surface area contributed by atoms with Gasteiger partial charge in [0.05, 0.1) is 26.4 Å². The Morgan fingerprint density at radius 3 is 0.594 bits per heavy atom. The van der Waals surface area contributed by atoms with Gasteiger partial charge in [0.2, 0.25) is 0 Å². The van der Waals surface area contributed by atoms with Gasteiger partial charge in [0.15, 0.2) is 6.10 Å². The number of aliphatic hydroxyl groups is 2. The zero-order valence-corrected chi connectivity index (χ0v) is 86.4. The lowest BCUT2D eigenvalue weighted by Crippen LogP contribution is -2.30. The van der Waals surface area contributed by atoms with E-state index in [1.165, 1.54) is 225 Å².